The van der Waals surface area contributed by atoms with Gasteiger partial charge in [0, 0.05) is 16.8 Å². The molecule has 3 aromatic rings. The lowest BCUT2D eigenvalue weighted by Gasteiger charge is -2.26. The van der Waals surface area contributed by atoms with E-state index < -0.39 is 18.0 Å². The van der Waals surface area contributed by atoms with Crippen molar-refractivity contribution in [3.63, 3.8) is 0 Å². The Balaban J connectivity index is 1.63. The molecule has 30 heavy (non-hydrogen) atoms. The molecule has 9 heteroatoms. The first-order valence-electron chi connectivity index (χ1n) is 9.46. The third-order valence-electron chi connectivity index (χ3n) is 4.85. The minimum Gasteiger partial charge on any atom is -0.465 e. The van der Waals surface area contributed by atoms with Crippen molar-refractivity contribution in [3.8, 4) is 0 Å². The van der Waals surface area contributed by atoms with Crippen LogP contribution in [-0.2, 0) is 22.4 Å². The van der Waals surface area contributed by atoms with Gasteiger partial charge >= 0.3 is 12.1 Å². The third kappa shape index (κ3) is 3.63. The van der Waals surface area contributed by atoms with E-state index in [-0.39, 0.29) is 5.76 Å². The molecular formula is C21H20N2O6S. The molecule has 0 bridgehead atoms. The molecule has 1 aromatic carbocycles. The number of esters is 1. The molecule has 0 radical (unpaired) electrons. The van der Waals surface area contributed by atoms with Crippen LogP contribution in [0.25, 0.3) is 11.0 Å². The molecule has 0 unspecified atom stereocenters. The number of fused-ring (bicyclic) bond motifs is 2. The lowest BCUT2D eigenvalue weighted by molar-refractivity contribution is 0.0600. The number of thiophene rings is 1. The molecule has 0 saturated carbocycles. The first-order valence-corrected chi connectivity index (χ1v) is 10.3. The van der Waals surface area contributed by atoms with Crippen molar-refractivity contribution in [2.45, 2.75) is 19.9 Å². The van der Waals surface area contributed by atoms with Crippen LogP contribution in [0.4, 0.5) is 9.80 Å². The molecule has 2 amide bonds. The molecular weight excluding hydrogens is 408 g/mol. The second kappa shape index (κ2) is 8.19. The number of ether oxygens (including phenoxy) is 2. The molecule has 0 spiro atoms. The highest BCUT2D eigenvalue weighted by Gasteiger charge is 2.31. The lowest BCUT2D eigenvalue weighted by Crippen LogP contribution is -2.36. The first kappa shape index (κ1) is 20.0. The number of hydrogen-bond acceptors (Lipinski definition) is 7. The van der Waals surface area contributed by atoms with Gasteiger partial charge in [-0.25, -0.2) is 9.59 Å². The average Bonchev–Trinajstić information content (AvgIpc) is 3.34. The predicted octanol–water partition coefficient (Wildman–Crippen LogP) is 4.05. The Labute approximate surface area is 176 Å². The van der Waals surface area contributed by atoms with Crippen molar-refractivity contribution in [2.24, 2.45) is 0 Å². The van der Waals surface area contributed by atoms with Crippen LogP contribution in [0.15, 0.2) is 34.7 Å². The van der Waals surface area contributed by atoms with E-state index in [2.05, 4.69) is 5.32 Å². The SMILES string of the molecule is CCOC(=O)N1CCc2c(sc(NC(=O)c3cc4ccccc4o3)c2C(=O)OC)C1. The van der Waals surface area contributed by atoms with Crippen molar-refractivity contribution in [1.82, 2.24) is 4.90 Å². The summed E-state index contributed by atoms with van der Waals surface area (Å²) in [7, 11) is 1.30. The van der Waals surface area contributed by atoms with Crippen LogP contribution in [0.2, 0.25) is 0 Å². The number of benzene rings is 1. The fourth-order valence-electron chi connectivity index (χ4n) is 3.44. The van der Waals surface area contributed by atoms with Crippen LogP contribution in [-0.4, -0.2) is 43.1 Å². The van der Waals surface area contributed by atoms with Gasteiger partial charge in [0.05, 0.1) is 25.8 Å². The predicted molar refractivity (Wildman–Crippen MR) is 111 cm³/mol. The highest BCUT2D eigenvalue weighted by Crippen LogP contribution is 2.38. The summed E-state index contributed by atoms with van der Waals surface area (Å²) in [6.07, 6.45) is 0.0688. The number of methoxy groups -OCH3 is 1. The van der Waals surface area contributed by atoms with Crippen molar-refractivity contribution < 1.29 is 28.3 Å². The number of carbonyl (C=O) groups is 3. The Morgan fingerprint density at radius 1 is 1.27 bits per heavy atom. The largest absolute Gasteiger partial charge is 0.465 e. The van der Waals surface area contributed by atoms with Crippen molar-refractivity contribution >= 4 is 45.3 Å². The zero-order chi connectivity index (χ0) is 21.3. The summed E-state index contributed by atoms with van der Waals surface area (Å²) in [5.41, 5.74) is 1.71. The first-order chi connectivity index (χ1) is 14.5. The zero-order valence-corrected chi connectivity index (χ0v) is 17.3. The van der Waals surface area contributed by atoms with E-state index in [1.54, 1.807) is 24.0 Å². The number of furan rings is 1. The number of hydrogen-bond donors (Lipinski definition) is 1. The van der Waals surface area contributed by atoms with Gasteiger partial charge in [0.25, 0.3) is 5.91 Å². The van der Waals surface area contributed by atoms with Gasteiger partial charge in [0.2, 0.25) is 0 Å². The monoisotopic (exact) mass is 428 g/mol. The van der Waals surface area contributed by atoms with Crippen LogP contribution in [0.1, 0.15) is 38.3 Å². The van der Waals surface area contributed by atoms with Crippen LogP contribution in [0, 0.1) is 0 Å². The van der Waals surface area contributed by atoms with Gasteiger partial charge in [0.15, 0.2) is 5.76 Å². The highest BCUT2D eigenvalue weighted by molar-refractivity contribution is 7.17. The minimum absolute atomic E-state index is 0.145. The summed E-state index contributed by atoms with van der Waals surface area (Å²) in [6.45, 7) is 2.77. The maximum absolute atomic E-state index is 12.8. The maximum atomic E-state index is 12.8. The van der Waals surface area contributed by atoms with E-state index in [0.717, 1.165) is 15.8 Å². The Morgan fingerprint density at radius 3 is 2.80 bits per heavy atom. The summed E-state index contributed by atoms with van der Waals surface area (Å²) >= 11 is 1.25. The van der Waals surface area contributed by atoms with E-state index in [0.29, 0.717) is 42.3 Å². The smallest absolute Gasteiger partial charge is 0.410 e. The molecule has 2 aromatic heterocycles. The van der Waals surface area contributed by atoms with Crippen molar-refractivity contribution in [1.29, 1.82) is 0 Å². The molecule has 0 fully saturated rings. The van der Waals surface area contributed by atoms with Gasteiger partial charge in [-0.3, -0.25) is 4.79 Å². The van der Waals surface area contributed by atoms with E-state index in [9.17, 15) is 14.4 Å². The minimum atomic E-state index is -0.531. The van der Waals surface area contributed by atoms with Crippen LogP contribution in [0.3, 0.4) is 0 Å². The van der Waals surface area contributed by atoms with Crippen molar-refractivity contribution in [3.05, 3.63) is 52.1 Å². The summed E-state index contributed by atoms with van der Waals surface area (Å²) in [6, 6.07) is 8.96. The van der Waals surface area contributed by atoms with E-state index >= 15 is 0 Å². The molecule has 1 N–H and O–H groups in total. The number of nitrogens with one attached hydrogen (secondary N) is 1. The Hall–Kier alpha value is -3.33. The van der Waals surface area contributed by atoms with Crippen LogP contribution >= 0.6 is 11.3 Å². The normalized spacial score (nSPS) is 13.1. The second-order valence-electron chi connectivity index (χ2n) is 6.67. The van der Waals surface area contributed by atoms with Crippen molar-refractivity contribution in [2.75, 3.05) is 25.6 Å². The molecule has 1 aliphatic rings. The Morgan fingerprint density at radius 2 is 2.07 bits per heavy atom. The molecule has 1 aliphatic heterocycles. The number of rotatable bonds is 4. The third-order valence-corrected chi connectivity index (χ3v) is 5.98. The summed E-state index contributed by atoms with van der Waals surface area (Å²) in [5, 5.41) is 3.97. The van der Waals surface area contributed by atoms with E-state index in [4.69, 9.17) is 13.9 Å². The summed E-state index contributed by atoms with van der Waals surface area (Å²) in [4.78, 5) is 39.7. The number of carbonyl (C=O) groups excluding carboxylic acids is 3. The number of anilines is 1. The van der Waals surface area contributed by atoms with Gasteiger partial charge in [-0.15, -0.1) is 11.3 Å². The Bertz CT molecular complexity index is 1100. The van der Waals surface area contributed by atoms with E-state index in [1.165, 1.54) is 18.4 Å². The standard InChI is InChI=1S/C21H20N2O6S/c1-3-28-21(26)23-9-8-13-16(11-23)30-19(17(13)20(25)27-2)22-18(24)15-10-12-6-4-5-7-14(12)29-15/h4-7,10H,3,8-9,11H2,1-2H3,(H,22,24). The highest BCUT2D eigenvalue weighted by atomic mass is 32.1. The molecule has 4 rings (SSSR count). The summed E-state index contributed by atoms with van der Waals surface area (Å²) < 4.78 is 15.6. The van der Waals surface area contributed by atoms with E-state index in [1.807, 2.05) is 18.2 Å². The number of para-hydroxylation sites is 1. The molecule has 156 valence electrons. The van der Waals surface area contributed by atoms with Gasteiger partial charge in [-0.05, 0) is 31.0 Å². The fraction of sp³-hybridized carbons (Fsp3) is 0.286. The topological polar surface area (TPSA) is 98.1 Å². The molecule has 8 nitrogen and oxygen atoms in total. The molecule has 0 aliphatic carbocycles. The zero-order valence-electron chi connectivity index (χ0n) is 16.5. The number of nitrogens with zero attached hydrogens (tertiary/aromatic N) is 1. The quantitative estimate of drug-likeness (QED) is 0.630. The summed E-state index contributed by atoms with van der Waals surface area (Å²) in [5.74, 6) is -0.847. The molecule has 0 saturated heterocycles. The van der Waals surface area contributed by atoms with Gasteiger partial charge in [-0.2, -0.15) is 0 Å². The second-order valence-corrected chi connectivity index (χ2v) is 7.78. The Kier molecular flexibility index (Phi) is 5.45. The lowest BCUT2D eigenvalue weighted by atomic mass is 10.0. The average molecular weight is 428 g/mol. The van der Waals surface area contributed by atoms with Gasteiger partial charge in [0.1, 0.15) is 10.6 Å². The maximum Gasteiger partial charge on any atom is 0.410 e. The van der Waals surface area contributed by atoms with Crippen LogP contribution < -0.4 is 5.32 Å². The van der Waals surface area contributed by atoms with Gasteiger partial charge in [-0.1, -0.05) is 18.2 Å². The fourth-order valence-corrected chi connectivity index (χ4v) is 4.69. The van der Waals surface area contributed by atoms with Crippen LogP contribution in [0.5, 0.6) is 0 Å². The molecule has 0 atom stereocenters. The van der Waals surface area contributed by atoms with Gasteiger partial charge < -0.3 is 24.1 Å². The number of amides is 2. The molecule has 3 heterocycles.